The van der Waals surface area contributed by atoms with Crippen molar-refractivity contribution in [3.63, 3.8) is 0 Å². The number of hydrogen-bond acceptors (Lipinski definition) is 4. The van der Waals surface area contributed by atoms with Crippen molar-refractivity contribution < 1.29 is 0 Å². The fourth-order valence-corrected chi connectivity index (χ4v) is 19.1. The summed E-state index contributed by atoms with van der Waals surface area (Å²) in [4.78, 5) is 21.3. The molecule has 564 valence electrons. The van der Waals surface area contributed by atoms with Gasteiger partial charge in [-0.05, 0) is 242 Å². The van der Waals surface area contributed by atoms with E-state index in [1.165, 1.54) is 110 Å². The predicted molar refractivity (Wildman–Crippen MR) is 510 cm³/mol. The molecular formula is C118H72N4. The maximum Gasteiger partial charge on any atom is 0.160 e. The average Bonchev–Trinajstić information content (AvgIpc) is 1.57. The maximum absolute atomic E-state index is 5.42. The van der Waals surface area contributed by atoms with Crippen LogP contribution in [0.3, 0.4) is 0 Å². The molecule has 0 spiro atoms. The Balaban J connectivity index is 0.556. The first-order valence-corrected chi connectivity index (χ1v) is 41.8. The topological polar surface area (TPSA) is 51.6 Å². The SMILES string of the molecule is c1ccc(-c2ccc(-c3cc(-c4ccccc4)nc(-c4ccc(-c5cc6cc(-c7ccc8cc(-c9cc(-c%10ccccc%10)nc(-c%10ccc(-c%11cc%12ccccc%12cc%11-c%11ccc(-c%12ccc%13c%14c(cccc%12%14)-c%12ccccc%12-%13)cc%11)cc%10)n9)ccc8c7)ccc6cc5-c5ccc(-c6ccc7c8c(cccc68)-c6ccccc6-7)cc5)cc4)n3)cc2)cc1. The standard InChI is InChI=1S/C118H72N4/c1-4-18-73(19-5-1)74-34-48-83(49-35-74)113-71-111(81-20-6-2-7-21-81)119-117(121-113)84-52-46-80(47-53-84)110-70-94-66-91(56-57-92(94)69-109(110)78-42-38-76(39-43-78)96-61-63-106-100-29-15-13-27-98(100)104-33-17-31-102(96)116(104)106)88-54-55-90-65-93(59-58-89(90)64-88)114-72-112(82-22-8-3-9-23-82)120-118(122-114)85-50-44-79(45-51-85)108-68-87-25-11-10-24-86(87)67-107(108)77-40-36-75(37-41-77)95-60-62-105-99-28-14-12-26-97(99)103-32-16-30-101(95)115(103)105/h1-72H. The Morgan fingerprint density at radius 1 is 0.115 bits per heavy atom. The Labute approximate surface area is 707 Å². The summed E-state index contributed by atoms with van der Waals surface area (Å²) in [6.45, 7) is 0. The van der Waals surface area contributed by atoms with Crippen molar-refractivity contribution in [3.05, 3.63) is 437 Å². The third-order valence-electron chi connectivity index (χ3n) is 25.2. The van der Waals surface area contributed by atoms with Gasteiger partial charge >= 0.3 is 0 Å². The molecule has 2 heterocycles. The van der Waals surface area contributed by atoms with E-state index in [1.54, 1.807) is 0 Å². The third-order valence-corrected chi connectivity index (χ3v) is 25.2. The molecule has 22 aromatic rings. The third kappa shape index (κ3) is 12.2. The van der Waals surface area contributed by atoms with Crippen molar-refractivity contribution in [2.24, 2.45) is 0 Å². The summed E-state index contributed by atoms with van der Waals surface area (Å²) in [7, 11) is 0. The van der Waals surface area contributed by atoms with E-state index in [4.69, 9.17) is 19.9 Å². The monoisotopic (exact) mass is 1540 g/mol. The largest absolute Gasteiger partial charge is 0.228 e. The molecule has 122 heavy (non-hydrogen) atoms. The van der Waals surface area contributed by atoms with Crippen LogP contribution < -0.4 is 0 Å². The molecule has 2 aromatic heterocycles. The zero-order chi connectivity index (χ0) is 80.3. The number of hydrogen-bond donors (Lipinski definition) is 0. The number of fused-ring (bicyclic) bond motifs is 9. The summed E-state index contributed by atoms with van der Waals surface area (Å²) in [6, 6.07) is 159. The number of benzene rings is 20. The Kier molecular flexibility index (Phi) is 16.6. The van der Waals surface area contributed by atoms with Gasteiger partial charge in [0.25, 0.3) is 0 Å². The second kappa shape index (κ2) is 28.9. The summed E-state index contributed by atoms with van der Waals surface area (Å²) in [5, 5.41) is 12.2. The molecule has 0 N–H and O–H groups in total. The van der Waals surface area contributed by atoms with Crippen LogP contribution >= 0.6 is 0 Å². The smallest absolute Gasteiger partial charge is 0.160 e. The highest BCUT2D eigenvalue weighted by molar-refractivity contribution is 6.20. The Morgan fingerprint density at radius 2 is 0.361 bits per heavy atom. The van der Waals surface area contributed by atoms with Crippen molar-refractivity contribution in [2.75, 3.05) is 0 Å². The van der Waals surface area contributed by atoms with Crippen molar-refractivity contribution in [1.82, 2.24) is 19.9 Å². The van der Waals surface area contributed by atoms with Gasteiger partial charge in [-0.15, -0.1) is 0 Å². The molecule has 0 amide bonds. The fraction of sp³-hybridized carbons (Fsp3) is 0. The van der Waals surface area contributed by atoms with Crippen LogP contribution in [-0.2, 0) is 0 Å². The summed E-state index contributed by atoms with van der Waals surface area (Å²) in [5.74, 6) is 1.33. The highest BCUT2D eigenvalue weighted by Crippen LogP contribution is 2.52. The van der Waals surface area contributed by atoms with E-state index >= 15 is 0 Å². The number of nitrogens with zero attached hydrogens (tertiary/aromatic N) is 4. The van der Waals surface area contributed by atoms with Crippen LogP contribution in [0, 0.1) is 0 Å². The summed E-state index contributed by atoms with van der Waals surface area (Å²) < 4.78 is 0. The average molecular weight is 1550 g/mol. The van der Waals surface area contributed by atoms with E-state index < -0.39 is 0 Å². The maximum atomic E-state index is 5.42. The molecule has 4 nitrogen and oxygen atoms in total. The van der Waals surface area contributed by atoms with Gasteiger partial charge in [-0.25, -0.2) is 19.9 Å². The molecule has 0 unspecified atom stereocenters. The van der Waals surface area contributed by atoms with Crippen LogP contribution in [0.5, 0.6) is 0 Å². The van der Waals surface area contributed by atoms with Crippen molar-refractivity contribution in [3.8, 4) is 201 Å². The molecule has 0 saturated carbocycles. The summed E-state index contributed by atoms with van der Waals surface area (Å²) in [6.07, 6.45) is 0. The van der Waals surface area contributed by atoms with Gasteiger partial charge in [0.15, 0.2) is 11.6 Å². The van der Waals surface area contributed by atoms with Crippen LogP contribution in [-0.4, -0.2) is 19.9 Å². The molecule has 0 bridgehead atoms. The van der Waals surface area contributed by atoms with Gasteiger partial charge in [-0.1, -0.05) is 382 Å². The molecule has 2 aliphatic carbocycles. The second-order valence-electron chi connectivity index (χ2n) is 32.3. The van der Waals surface area contributed by atoms with Gasteiger partial charge < -0.3 is 0 Å². The van der Waals surface area contributed by atoms with Crippen LogP contribution in [0.4, 0.5) is 0 Å². The predicted octanol–water partition coefficient (Wildman–Crippen LogP) is 31.7. The van der Waals surface area contributed by atoms with Gasteiger partial charge in [0.2, 0.25) is 0 Å². The van der Waals surface area contributed by atoms with E-state index in [0.717, 1.165) is 133 Å². The molecule has 0 radical (unpaired) electrons. The lowest BCUT2D eigenvalue weighted by Gasteiger charge is -2.16. The second-order valence-corrected chi connectivity index (χ2v) is 32.3. The van der Waals surface area contributed by atoms with Crippen molar-refractivity contribution in [1.29, 1.82) is 0 Å². The van der Waals surface area contributed by atoms with Gasteiger partial charge in [-0.2, -0.15) is 0 Å². The zero-order valence-electron chi connectivity index (χ0n) is 66.4. The molecule has 24 rings (SSSR count). The molecule has 0 saturated heterocycles. The van der Waals surface area contributed by atoms with Crippen molar-refractivity contribution >= 4 is 53.9 Å². The first kappa shape index (κ1) is 70.1. The van der Waals surface area contributed by atoms with E-state index in [2.05, 4.69) is 431 Å². The number of rotatable bonds is 14. The van der Waals surface area contributed by atoms with E-state index in [-0.39, 0.29) is 0 Å². The fourth-order valence-electron chi connectivity index (χ4n) is 19.1. The highest BCUT2D eigenvalue weighted by Gasteiger charge is 2.26. The lowest BCUT2D eigenvalue weighted by atomic mass is 9.88. The first-order chi connectivity index (χ1) is 60.4. The molecule has 0 atom stereocenters. The molecular weight excluding hydrogens is 1470 g/mol. The van der Waals surface area contributed by atoms with Crippen LogP contribution in [0.1, 0.15) is 0 Å². The highest BCUT2D eigenvalue weighted by atomic mass is 14.9. The van der Waals surface area contributed by atoms with Gasteiger partial charge in [0.05, 0.1) is 22.8 Å². The minimum absolute atomic E-state index is 0.664. The molecule has 0 aliphatic heterocycles. The van der Waals surface area contributed by atoms with Crippen molar-refractivity contribution in [2.45, 2.75) is 0 Å². The van der Waals surface area contributed by atoms with Gasteiger partial charge in [-0.3, -0.25) is 0 Å². The quantitative estimate of drug-likeness (QED) is 0.109. The lowest BCUT2D eigenvalue weighted by molar-refractivity contribution is 1.18. The molecule has 4 heteroatoms. The first-order valence-electron chi connectivity index (χ1n) is 41.8. The van der Waals surface area contributed by atoms with Crippen LogP contribution in [0.2, 0.25) is 0 Å². The zero-order valence-corrected chi connectivity index (χ0v) is 66.4. The minimum Gasteiger partial charge on any atom is -0.228 e. The Hall–Kier alpha value is -16.1. The van der Waals surface area contributed by atoms with Gasteiger partial charge in [0, 0.05) is 33.4 Å². The molecule has 20 aromatic carbocycles. The van der Waals surface area contributed by atoms with Crippen LogP contribution in [0.15, 0.2) is 437 Å². The van der Waals surface area contributed by atoms with E-state index in [9.17, 15) is 0 Å². The normalized spacial score (nSPS) is 11.8. The summed E-state index contributed by atoms with van der Waals surface area (Å²) >= 11 is 0. The van der Waals surface area contributed by atoms with Gasteiger partial charge in [0.1, 0.15) is 0 Å². The van der Waals surface area contributed by atoms with E-state index in [0.29, 0.717) is 11.6 Å². The summed E-state index contributed by atoms with van der Waals surface area (Å²) in [5.41, 5.74) is 38.5. The minimum atomic E-state index is 0.664. The van der Waals surface area contributed by atoms with E-state index in [1.807, 2.05) is 6.07 Å². The molecule has 0 fully saturated rings. The lowest BCUT2D eigenvalue weighted by Crippen LogP contribution is -1.96. The Morgan fingerprint density at radius 3 is 0.770 bits per heavy atom. The number of aromatic nitrogens is 4. The Bertz CT molecular complexity index is 7920. The molecule has 2 aliphatic rings. The van der Waals surface area contributed by atoms with Crippen LogP contribution in [0.25, 0.3) is 255 Å².